The van der Waals surface area contributed by atoms with Crippen LogP contribution in [-0.4, -0.2) is 21.5 Å². The highest BCUT2D eigenvalue weighted by Gasteiger charge is 2.19. The Labute approximate surface area is 108 Å². The molecule has 1 saturated carbocycles. The molecule has 3 rings (SSSR count). The first kappa shape index (κ1) is 11.8. The minimum absolute atomic E-state index is 0.146. The second-order valence-electron chi connectivity index (χ2n) is 5.52. The summed E-state index contributed by atoms with van der Waals surface area (Å²) < 4.78 is 2.04. The molecule has 1 aromatic heterocycles. The van der Waals surface area contributed by atoms with Gasteiger partial charge in [-0.1, -0.05) is 12.8 Å². The Kier molecular flexibility index (Phi) is 3.35. The van der Waals surface area contributed by atoms with Gasteiger partial charge in [-0.05, 0) is 38.5 Å². The number of carbonyl (C=O) groups is 1. The molecule has 0 atom stereocenters. The zero-order valence-corrected chi connectivity index (χ0v) is 10.8. The highest BCUT2D eigenvalue weighted by molar-refractivity contribution is 5.76. The summed E-state index contributed by atoms with van der Waals surface area (Å²) in [7, 11) is 0. The van der Waals surface area contributed by atoms with Gasteiger partial charge in [-0.3, -0.25) is 4.79 Å². The second-order valence-corrected chi connectivity index (χ2v) is 5.52. The molecule has 1 heterocycles. The first-order valence-electron chi connectivity index (χ1n) is 7.15. The topological polar surface area (TPSA) is 46.9 Å². The molecule has 1 N–H and O–H groups in total. The normalized spacial score (nSPS) is 19.8. The standard InChI is InChI=1S/C14H21N3O/c18-14(16-11-5-1-2-6-11)9-17-10-15-12-7-3-4-8-13(12)17/h10-11H,1-9H2,(H,16,18). The molecule has 0 aliphatic heterocycles. The Balaban J connectivity index is 1.61. The van der Waals surface area contributed by atoms with E-state index in [1.807, 2.05) is 10.9 Å². The van der Waals surface area contributed by atoms with Crippen LogP contribution in [0.2, 0.25) is 0 Å². The summed E-state index contributed by atoms with van der Waals surface area (Å²) in [6, 6.07) is 0.414. The van der Waals surface area contributed by atoms with E-state index >= 15 is 0 Å². The summed E-state index contributed by atoms with van der Waals surface area (Å²) in [6.07, 6.45) is 11.3. The number of aryl methyl sites for hydroxylation is 1. The average molecular weight is 247 g/mol. The zero-order valence-electron chi connectivity index (χ0n) is 10.8. The molecule has 0 unspecified atom stereocenters. The second kappa shape index (κ2) is 5.12. The Morgan fingerprint density at radius 2 is 2.06 bits per heavy atom. The SMILES string of the molecule is O=C(Cn1cnc2c1CCCC2)NC1CCCC1. The van der Waals surface area contributed by atoms with Crippen molar-refractivity contribution in [3.63, 3.8) is 0 Å². The van der Waals surface area contributed by atoms with Crippen LogP contribution in [0.15, 0.2) is 6.33 Å². The van der Waals surface area contributed by atoms with Crippen molar-refractivity contribution in [2.24, 2.45) is 0 Å². The molecule has 0 saturated heterocycles. The van der Waals surface area contributed by atoms with Crippen LogP contribution in [0.3, 0.4) is 0 Å². The summed E-state index contributed by atoms with van der Waals surface area (Å²) >= 11 is 0. The van der Waals surface area contributed by atoms with Gasteiger partial charge in [0, 0.05) is 11.7 Å². The Morgan fingerprint density at radius 1 is 1.28 bits per heavy atom. The fourth-order valence-electron chi connectivity index (χ4n) is 3.17. The Bertz CT molecular complexity index is 432. The molecule has 4 nitrogen and oxygen atoms in total. The number of rotatable bonds is 3. The average Bonchev–Trinajstić information content (AvgIpc) is 3.00. The van der Waals surface area contributed by atoms with E-state index in [2.05, 4.69) is 10.3 Å². The van der Waals surface area contributed by atoms with Crippen LogP contribution in [0.4, 0.5) is 0 Å². The Hall–Kier alpha value is -1.32. The number of nitrogens with one attached hydrogen (secondary N) is 1. The maximum absolute atomic E-state index is 12.0. The first-order chi connectivity index (χ1) is 8.83. The molecule has 1 aromatic rings. The molecule has 98 valence electrons. The van der Waals surface area contributed by atoms with Gasteiger partial charge in [-0.15, -0.1) is 0 Å². The van der Waals surface area contributed by atoms with Gasteiger partial charge in [-0.25, -0.2) is 4.98 Å². The molecule has 0 aromatic carbocycles. The van der Waals surface area contributed by atoms with Crippen molar-refractivity contribution < 1.29 is 4.79 Å². The van der Waals surface area contributed by atoms with Crippen molar-refractivity contribution in [1.29, 1.82) is 0 Å². The third kappa shape index (κ3) is 2.42. The minimum Gasteiger partial charge on any atom is -0.352 e. The van der Waals surface area contributed by atoms with Crippen LogP contribution in [0.5, 0.6) is 0 Å². The van der Waals surface area contributed by atoms with Crippen molar-refractivity contribution >= 4 is 5.91 Å². The molecule has 2 aliphatic rings. The van der Waals surface area contributed by atoms with E-state index in [0.717, 1.165) is 25.7 Å². The zero-order chi connectivity index (χ0) is 12.4. The predicted molar refractivity (Wildman–Crippen MR) is 69.3 cm³/mol. The monoisotopic (exact) mass is 247 g/mol. The number of fused-ring (bicyclic) bond motifs is 1. The number of aromatic nitrogens is 2. The lowest BCUT2D eigenvalue weighted by molar-refractivity contribution is -0.122. The van der Waals surface area contributed by atoms with Gasteiger partial charge in [0.05, 0.1) is 12.0 Å². The third-order valence-electron chi connectivity index (χ3n) is 4.14. The molecule has 1 amide bonds. The van der Waals surface area contributed by atoms with Crippen LogP contribution in [0, 0.1) is 0 Å². The van der Waals surface area contributed by atoms with E-state index in [1.54, 1.807) is 0 Å². The number of amides is 1. The summed E-state index contributed by atoms with van der Waals surface area (Å²) in [5.41, 5.74) is 2.48. The first-order valence-corrected chi connectivity index (χ1v) is 7.15. The fraction of sp³-hybridized carbons (Fsp3) is 0.714. The molecule has 0 bridgehead atoms. The van der Waals surface area contributed by atoms with Crippen LogP contribution < -0.4 is 5.32 Å². The van der Waals surface area contributed by atoms with Gasteiger partial charge in [0.2, 0.25) is 5.91 Å². The minimum atomic E-state index is 0.146. The lowest BCUT2D eigenvalue weighted by atomic mass is 10.0. The molecular formula is C14H21N3O. The molecule has 2 aliphatic carbocycles. The fourth-order valence-corrected chi connectivity index (χ4v) is 3.17. The maximum atomic E-state index is 12.0. The predicted octanol–water partition coefficient (Wildman–Crippen LogP) is 1.82. The summed E-state index contributed by atoms with van der Waals surface area (Å²) in [5.74, 6) is 0.146. The van der Waals surface area contributed by atoms with Crippen LogP contribution in [0.1, 0.15) is 49.9 Å². The molecule has 0 radical (unpaired) electrons. The lowest BCUT2D eigenvalue weighted by Gasteiger charge is -2.15. The van der Waals surface area contributed by atoms with Gasteiger partial charge >= 0.3 is 0 Å². The lowest BCUT2D eigenvalue weighted by Crippen LogP contribution is -2.35. The van der Waals surface area contributed by atoms with Crippen LogP contribution >= 0.6 is 0 Å². The quantitative estimate of drug-likeness (QED) is 0.885. The highest BCUT2D eigenvalue weighted by atomic mass is 16.2. The van der Waals surface area contributed by atoms with Gasteiger partial charge in [-0.2, -0.15) is 0 Å². The highest BCUT2D eigenvalue weighted by Crippen LogP contribution is 2.20. The van der Waals surface area contributed by atoms with Gasteiger partial charge < -0.3 is 9.88 Å². The van der Waals surface area contributed by atoms with Crippen molar-refractivity contribution in [2.75, 3.05) is 0 Å². The van der Waals surface area contributed by atoms with E-state index in [0.29, 0.717) is 12.6 Å². The molecule has 4 heteroatoms. The number of hydrogen-bond donors (Lipinski definition) is 1. The van der Waals surface area contributed by atoms with Crippen LogP contribution in [-0.2, 0) is 24.2 Å². The van der Waals surface area contributed by atoms with E-state index in [-0.39, 0.29) is 5.91 Å². The van der Waals surface area contributed by atoms with E-state index in [9.17, 15) is 4.79 Å². The smallest absolute Gasteiger partial charge is 0.240 e. The molecule has 1 fully saturated rings. The molecule has 18 heavy (non-hydrogen) atoms. The third-order valence-corrected chi connectivity index (χ3v) is 4.14. The molecular weight excluding hydrogens is 226 g/mol. The largest absolute Gasteiger partial charge is 0.352 e. The summed E-state index contributed by atoms with van der Waals surface area (Å²) in [4.78, 5) is 16.4. The van der Waals surface area contributed by atoms with Crippen molar-refractivity contribution in [3.05, 3.63) is 17.7 Å². The summed E-state index contributed by atoms with van der Waals surface area (Å²) in [5, 5.41) is 3.14. The van der Waals surface area contributed by atoms with Gasteiger partial charge in [0.1, 0.15) is 6.54 Å². The van der Waals surface area contributed by atoms with E-state index in [4.69, 9.17) is 0 Å². The number of imidazole rings is 1. The van der Waals surface area contributed by atoms with Crippen LogP contribution in [0.25, 0.3) is 0 Å². The van der Waals surface area contributed by atoms with Crippen molar-refractivity contribution in [1.82, 2.24) is 14.9 Å². The molecule has 0 spiro atoms. The maximum Gasteiger partial charge on any atom is 0.240 e. The van der Waals surface area contributed by atoms with E-state index < -0.39 is 0 Å². The summed E-state index contributed by atoms with van der Waals surface area (Å²) in [6.45, 7) is 0.443. The number of hydrogen-bond acceptors (Lipinski definition) is 2. The van der Waals surface area contributed by atoms with E-state index in [1.165, 1.54) is 37.1 Å². The van der Waals surface area contributed by atoms with Crippen molar-refractivity contribution in [2.45, 2.75) is 64.0 Å². The Morgan fingerprint density at radius 3 is 2.89 bits per heavy atom. The number of carbonyl (C=O) groups excluding carboxylic acids is 1. The van der Waals surface area contributed by atoms with Crippen molar-refractivity contribution in [3.8, 4) is 0 Å². The van der Waals surface area contributed by atoms with Gasteiger partial charge in [0.15, 0.2) is 0 Å². The van der Waals surface area contributed by atoms with Gasteiger partial charge in [0.25, 0.3) is 0 Å². The number of nitrogens with zero attached hydrogens (tertiary/aromatic N) is 2.